The normalized spacial score (nSPS) is 16.8. The third-order valence-electron chi connectivity index (χ3n) is 5.08. The summed E-state index contributed by atoms with van der Waals surface area (Å²) in [5, 5.41) is 3.57. The molecule has 1 amide bonds. The molecular weight excluding hydrogens is 444 g/mol. The number of imidazole rings is 1. The first-order valence-corrected chi connectivity index (χ1v) is 11.0. The van der Waals surface area contributed by atoms with Crippen molar-refractivity contribution in [3.63, 3.8) is 0 Å². The number of ether oxygens (including phenoxy) is 1. The maximum absolute atomic E-state index is 12.4. The summed E-state index contributed by atoms with van der Waals surface area (Å²) in [5.74, 6) is 0.829. The lowest BCUT2D eigenvalue weighted by Gasteiger charge is -2.24. The van der Waals surface area contributed by atoms with Crippen LogP contribution in [0.5, 0.6) is 0 Å². The number of hydrogen-bond acceptors (Lipinski definition) is 4. The molecule has 1 unspecified atom stereocenters. The van der Waals surface area contributed by atoms with Crippen molar-refractivity contribution in [3.05, 3.63) is 58.6 Å². The van der Waals surface area contributed by atoms with E-state index in [4.69, 9.17) is 9.72 Å². The van der Waals surface area contributed by atoms with Crippen LogP contribution in [0.2, 0.25) is 0 Å². The number of benzene rings is 2. The van der Waals surface area contributed by atoms with E-state index in [1.807, 2.05) is 39.0 Å². The minimum atomic E-state index is -0.485. The van der Waals surface area contributed by atoms with Gasteiger partial charge in [-0.05, 0) is 57.0 Å². The summed E-state index contributed by atoms with van der Waals surface area (Å²) in [6.45, 7) is 7.68. The Morgan fingerprint density at radius 1 is 1.20 bits per heavy atom. The Morgan fingerprint density at radius 2 is 1.93 bits per heavy atom. The number of fused-ring (bicyclic) bond motifs is 1. The molecule has 0 bridgehead atoms. The Hall–Kier alpha value is -2.54. The van der Waals surface area contributed by atoms with Crippen LogP contribution in [0, 0.1) is 0 Å². The van der Waals surface area contributed by atoms with Crippen LogP contribution in [0.25, 0.3) is 11.0 Å². The maximum Gasteiger partial charge on any atom is 0.410 e. The second-order valence-corrected chi connectivity index (χ2v) is 9.61. The van der Waals surface area contributed by atoms with Crippen molar-refractivity contribution in [2.45, 2.75) is 45.4 Å². The van der Waals surface area contributed by atoms with E-state index in [9.17, 15) is 4.79 Å². The lowest BCUT2D eigenvalue weighted by molar-refractivity contribution is 0.0293. The van der Waals surface area contributed by atoms with Gasteiger partial charge in [0.2, 0.25) is 5.95 Å². The molecule has 1 fully saturated rings. The van der Waals surface area contributed by atoms with Crippen LogP contribution < -0.4 is 5.32 Å². The predicted molar refractivity (Wildman–Crippen MR) is 123 cm³/mol. The van der Waals surface area contributed by atoms with Crippen molar-refractivity contribution in [3.8, 4) is 0 Å². The fraction of sp³-hybridized carbons (Fsp3) is 0.391. The monoisotopic (exact) mass is 470 g/mol. The lowest BCUT2D eigenvalue weighted by atomic mass is 10.2. The molecule has 158 valence electrons. The number of amides is 1. The van der Waals surface area contributed by atoms with Gasteiger partial charge >= 0.3 is 6.09 Å². The molecule has 1 N–H and O–H groups in total. The van der Waals surface area contributed by atoms with Gasteiger partial charge in [-0.1, -0.05) is 40.2 Å². The summed E-state index contributed by atoms with van der Waals surface area (Å²) >= 11 is 3.50. The van der Waals surface area contributed by atoms with E-state index in [0.717, 1.165) is 34.4 Å². The van der Waals surface area contributed by atoms with Crippen LogP contribution in [-0.2, 0) is 11.3 Å². The van der Waals surface area contributed by atoms with Gasteiger partial charge in [-0.25, -0.2) is 9.78 Å². The van der Waals surface area contributed by atoms with Crippen LogP contribution in [0.1, 0.15) is 32.8 Å². The van der Waals surface area contributed by atoms with Crippen molar-refractivity contribution in [1.82, 2.24) is 14.5 Å². The molecule has 30 heavy (non-hydrogen) atoms. The number of nitrogens with zero attached hydrogens (tertiary/aromatic N) is 3. The molecular formula is C23H27BrN4O2. The second kappa shape index (κ2) is 8.30. The minimum absolute atomic E-state index is 0.137. The lowest BCUT2D eigenvalue weighted by Crippen LogP contribution is -2.36. The third kappa shape index (κ3) is 4.78. The number of likely N-dealkylation sites (tertiary alicyclic amines) is 1. The van der Waals surface area contributed by atoms with Crippen molar-refractivity contribution in [2.75, 3.05) is 18.4 Å². The first kappa shape index (κ1) is 20.7. The first-order valence-electron chi connectivity index (χ1n) is 10.2. The number of aromatic nitrogens is 2. The molecule has 2 aromatic carbocycles. The van der Waals surface area contributed by atoms with E-state index in [-0.39, 0.29) is 12.1 Å². The SMILES string of the molecule is CC(C)(C)OC(=O)N1CCC(Nc2nc3ccccc3n2Cc2ccc(Br)cc2)C1. The van der Waals surface area contributed by atoms with E-state index < -0.39 is 5.60 Å². The molecule has 0 saturated carbocycles. The topological polar surface area (TPSA) is 59.4 Å². The molecule has 0 aliphatic carbocycles. The number of carbonyl (C=O) groups excluding carboxylic acids is 1. The number of carbonyl (C=O) groups is 1. The van der Waals surface area contributed by atoms with Gasteiger partial charge in [0.05, 0.1) is 17.6 Å². The standard InChI is InChI=1S/C23H27BrN4O2/c1-23(2,3)30-22(29)27-13-12-18(15-27)25-21-26-19-6-4-5-7-20(19)28(21)14-16-8-10-17(24)11-9-16/h4-11,18H,12-15H2,1-3H3,(H,25,26). The zero-order valence-electron chi connectivity index (χ0n) is 17.6. The quantitative estimate of drug-likeness (QED) is 0.564. The molecule has 1 aliphatic rings. The largest absolute Gasteiger partial charge is 0.444 e. The Kier molecular flexibility index (Phi) is 5.73. The Balaban J connectivity index is 1.53. The molecule has 1 atom stereocenters. The number of anilines is 1. The van der Waals surface area contributed by atoms with E-state index >= 15 is 0 Å². The van der Waals surface area contributed by atoms with Crippen LogP contribution in [-0.4, -0.2) is 45.3 Å². The number of nitrogens with one attached hydrogen (secondary N) is 1. The molecule has 3 aromatic rings. The van der Waals surface area contributed by atoms with Crippen molar-refractivity contribution < 1.29 is 9.53 Å². The first-order chi connectivity index (χ1) is 14.3. The molecule has 6 nitrogen and oxygen atoms in total. The van der Waals surface area contributed by atoms with Gasteiger partial charge in [0.25, 0.3) is 0 Å². The van der Waals surface area contributed by atoms with Crippen molar-refractivity contribution >= 4 is 39.0 Å². The Labute approximate surface area is 185 Å². The average molecular weight is 471 g/mol. The van der Waals surface area contributed by atoms with Gasteiger partial charge in [0, 0.05) is 23.6 Å². The van der Waals surface area contributed by atoms with Crippen LogP contribution in [0.3, 0.4) is 0 Å². The summed E-state index contributed by atoms with van der Waals surface area (Å²) in [6, 6.07) is 16.6. The summed E-state index contributed by atoms with van der Waals surface area (Å²) in [5.41, 5.74) is 2.76. The maximum atomic E-state index is 12.4. The van der Waals surface area contributed by atoms with Gasteiger partial charge < -0.3 is 19.5 Å². The third-order valence-corrected chi connectivity index (χ3v) is 5.61. The highest BCUT2D eigenvalue weighted by molar-refractivity contribution is 9.10. The molecule has 0 spiro atoms. The number of halogens is 1. The summed E-state index contributed by atoms with van der Waals surface area (Å²) in [7, 11) is 0. The summed E-state index contributed by atoms with van der Waals surface area (Å²) < 4.78 is 8.78. The van der Waals surface area contributed by atoms with Gasteiger partial charge in [-0.15, -0.1) is 0 Å². The highest BCUT2D eigenvalue weighted by Gasteiger charge is 2.30. The highest BCUT2D eigenvalue weighted by atomic mass is 79.9. The molecule has 1 aliphatic heterocycles. The molecule has 0 radical (unpaired) electrons. The van der Waals surface area contributed by atoms with Gasteiger partial charge in [-0.2, -0.15) is 0 Å². The fourth-order valence-corrected chi connectivity index (χ4v) is 3.94. The summed E-state index contributed by atoms with van der Waals surface area (Å²) in [6.07, 6.45) is 0.607. The van der Waals surface area contributed by atoms with E-state index in [2.05, 4.69) is 56.1 Å². The summed E-state index contributed by atoms with van der Waals surface area (Å²) in [4.78, 5) is 19.0. The smallest absolute Gasteiger partial charge is 0.410 e. The fourth-order valence-electron chi connectivity index (χ4n) is 3.67. The number of hydrogen-bond donors (Lipinski definition) is 1. The van der Waals surface area contributed by atoms with E-state index in [0.29, 0.717) is 13.1 Å². The molecule has 1 saturated heterocycles. The van der Waals surface area contributed by atoms with Crippen LogP contribution >= 0.6 is 15.9 Å². The zero-order chi connectivity index (χ0) is 21.3. The molecule has 7 heteroatoms. The molecule has 4 rings (SSSR count). The molecule has 1 aromatic heterocycles. The van der Waals surface area contributed by atoms with Gasteiger partial charge in [-0.3, -0.25) is 0 Å². The Morgan fingerprint density at radius 3 is 2.67 bits per heavy atom. The molecule has 2 heterocycles. The minimum Gasteiger partial charge on any atom is -0.444 e. The van der Waals surface area contributed by atoms with Crippen molar-refractivity contribution in [2.24, 2.45) is 0 Å². The van der Waals surface area contributed by atoms with Crippen molar-refractivity contribution in [1.29, 1.82) is 0 Å². The predicted octanol–water partition coefficient (Wildman–Crippen LogP) is 5.27. The van der Waals surface area contributed by atoms with E-state index in [1.54, 1.807) is 4.90 Å². The number of rotatable bonds is 4. The highest BCUT2D eigenvalue weighted by Crippen LogP contribution is 2.24. The van der Waals surface area contributed by atoms with Crippen LogP contribution in [0.4, 0.5) is 10.7 Å². The Bertz CT molecular complexity index is 1040. The average Bonchev–Trinajstić information content (AvgIpc) is 3.28. The van der Waals surface area contributed by atoms with E-state index in [1.165, 1.54) is 5.56 Å². The second-order valence-electron chi connectivity index (χ2n) is 8.69. The zero-order valence-corrected chi connectivity index (χ0v) is 19.1. The van der Waals surface area contributed by atoms with Gasteiger partial charge in [0.15, 0.2) is 0 Å². The number of para-hydroxylation sites is 2. The van der Waals surface area contributed by atoms with Crippen LogP contribution in [0.15, 0.2) is 53.0 Å². The van der Waals surface area contributed by atoms with Gasteiger partial charge in [0.1, 0.15) is 5.60 Å².